The van der Waals surface area contributed by atoms with Crippen molar-refractivity contribution in [2.75, 3.05) is 20.1 Å². The highest BCUT2D eigenvalue weighted by molar-refractivity contribution is 5.85. The largest absolute Gasteiger partial charge is 0.465 e. The molecule has 1 unspecified atom stereocenters. The molecule has 32 heavy (non-hydrogen) atoms. The van der Waals surface area contributed by atoms with Crippen molar-refractivity contribution in [3.8, 4) is 0 Å². The quantitative estimate of drug-likeness (QED) is 0.651. The first-order valence-electron chi connectivity index (χ1n) is 11.1. The molecule has 0 aromatic heterocycles. The third kappa shape index (κ3) is 5.74. The molecule has 1 aromatic carbocycles. The van der Waals surface area contributed by atoms with Gasteiger partial charge in [0.1, 0.15) is 6.04 Å². The third-order valence-corrected chi connectivity index (χ3v) is 6.71. The lowest BCUT2D eigenvalue weighted by atomic mass is 9.96. The first kappa shape index (κ1) is 24.4. The van der Waals surface area contributed by atoms with Gasteiger partial charge in [0.2, 0.25) is 5.91 Å². The van der Waals surface area contributed by atoms with Gasteiger partial charge in [-0.3, -0.25) is 14.6 Å². The van der Waals surface area contributed by atoms with E-state index in [0.29, 0.717) is 18.9 Å². The van der Waals surface area contributed by atoms with E-state index in [1.165, 1.54) is 19.2 Å². The first-order valence-corrected chi connectivity index (χ1v) is 11.1. The highest BCUT2D eigenvalue weighted by Gasteiger charge is 2.44. The van der Waals surface area contributed by atoms with Crippen LogP contribution in [0.1, 0.15) is 44.2 Å². The number of carbonyl (C=O) groups is 2. The predicted octanol–water partition coefficient (Wildman–Crippen LogP) is 4.06. The minimum absolute atomic E-state index is 0.0121. The number of nitrogens with one attached hydrogen (secondary N) is 1. The molecule has 0 radical (unpaired) electrons. The molecule has 6 nitrogen and oxygen atoms in total. The number of halogens is 3. The van der Waals surface area contributed by atoms with Gasteiger partial charge in [-0.2, -0.15) is 13.2 Å². The minimum Gasteiger partial charge on any atom is -0.465 e. The monoisotopic (exact) mass is 455 g/mol. The Morgan fingerprint density at radius 1 is 1.19 bits per heavy atom. The number of fused-ring (bicyclic) bond motifs is 1. The molecule has 2 N–H and O–H groups in total. The van der Waals surface area contributed by atoms with E-state index in [1.807, 2.05) is 13.8 Å². The van der Waals surface area contributed by atoms with Gasteiger partial charge in [-0.1, -0.05) is 26.0 Å². The number of nitrogens with zero attached hydrogens (tertiary/aromatic N) is 2. The zero-order valence-corrected chi connectivity index (χ0v) is 18.7. The molecule has 9 heteroatoms. The van der Waals surface area contributed by atoms with Crippen LogP contribution in [-0.2, 0) is 17.5 Å². The van der Waals surface area contributed by atoms with Crippen molar-refractivity contribution in [3.05, 3.63) is 35.4 Å². The molecule has 1 aliphatic heterocycles. The smallest absolute Gasteiger partial charge is 0.416 e. The molecule has 178 valence electrons. The van der Waals surface area contributed by atoms with E-state index < -0.39 is 23.9 Å². The van der Waals surface area contributed by atoms with Gasteiger partial charge in [-0.25, -0.2) is 4.79 Å². The molecular weight excluding hydrogens is 423 g/mol. The van der Waals surface area contributed by atoms with Crippen molar-refractivity contribution in [2.24, 2.45) is 17.8 Å². The van der Waals surface area contributed by atoms with Crippen LogP contribution < -0.4 is 5.32 Å². The lowest BCUT2D eigenvalue weighted by Gasteiger charge is -2.29. The third-order valence-electron chi connectivity index (χ3n) is 6.71. The summed E-state index contributed by atoms with van der Waals surface area (Å²) in [5.74, 6) is 0.615. The van der Waals surface area contributed by atoms with Crippen molar-refractivity contribution in [1.82, 2.24) is 15.1 Å². The van der Waals surface area contributed by atoms with Crippen LogP contribution in [0.4, 0.5) is 18.0 Å². The topological polar surface area (TPSA) is 72.9 Å². The molecule has 2 aliphatic rings. The molecule has 4 atom stereocenters. The van der Waals surface area contributed by atoms with Crippen LogP contribution >= 0.6 is 0 Å². The highest BCUT2D eigenvalue weighted by atomic mass is 19.4. The SMILES string of the molecule is CC(C)CC(C(=O)N[C@H]1CC[C@@H]2CN(Cc3ccc(C(F)(F)F)cc3)C[C@@H]21)N(C)C(=O)O. The van der Waals surface area contributed by atoms with E-state index in [2.05, 4.69) is 10.2 Å². The van der Waals surface area contributed by atoms with Crippen LogP contribution in [0.25, 0.3) is 0 Å². The Bertz CT molecular complexity index is 813. The van der Waals surface area contributed by atoms with Crippen molar-refractivity contribution in [3.63, 3.8) is 0 Å². The Morgan fingerprint density at radius 2 is 1.84 bits per heavy atom. The molecule has 1 saturated carbocycles. The van der Waals surface area contributed by atoms with Crippen LogP contribution in [0.2, 0.25) is 0 Å². The van der Waals surface area contributed by atoms with Crippen molar-refractivity contribution in [2.45, 2.75) is 57.9 Å². The fraction of sp³-hybridized carbons (Fsp3) is 0.652. The number of carbonyl (C=O) groups excluding carboxylic acids is 1. The summed E-state index contributed by atoms with van der Waals surface area (Å²) in [6.07, 6.45) is -3.17. The Labute approximate surface area is 186 Å². The van der Waals surface area contributed by atoms with E-state index >= 15 is 0 Å². The second kappa shape index (κ2) is 9.68. The molecule has 3 rings (SSSR count). The number of hydrogen-bond acceptors (Lipinski definition) is 3. The van der Waals surface area contributed by atoms with E-state index in [0.717, 1.165) is 48.5 Å². The zero-order valence-electron chi connectivity index (χ0n) is 18.7. The average molecular weight is 456 g/mol. The lowest BCUT2D eigenvalue weighted by molar-refractivity contribution is -0.137. The van der Waals surface area contributed by atoms with Crippen LogP contribution in [0.15, 0.2) is 24.3 Å². The summed E-state index contributed by atoms with van der Waals surface area (Å²) in [7, 11) is 1.42. The molecule has 0 spiro atoms. The Hall–Kier alpha value is -2.29. The van der Waals surface area contributed by atoms with Crippen LogP contribution in [0.5, 0.6) is 0 Å². The minimum atomic E-state index is -4.34. The van der Waals surface area contributed by atoms with Crippen LogP contribution in [-0.4, -0.2) is 59.1 Å². The molecule has 1 aromatic rings. The van der Waals surface area contributed by atoms with E-state index in [4.69, 9.17) is 0 Å². The number of benzene rings is 1. The van der Waals surface area contributed by atoms with Crippen molar-refractivity contribution < 1.29 is 27.9 Å². The molecule has 0 bridgehead atoms. The summed E-state index contributed by atoms with van der Waals surface area (Å²) in [4.78, 5) is 27.7. The van der Waals surface area contributed by atoms with Crippen molar-refractivity contribution in [1.29, 1.82) is 0 Å². The van der Waals surface area contributed by atoms with Gasteiger partial charge >= 0.3 is 12.3 Å². The van der Waals surface area contributed by atoms with Gasteiger partial charge in [0.15, 0.2) is 0 Å². The van der Waals surface area contributed by atoms with Gasteiger partial charge in [-0.15, -0.1) is 0 Å². The van der Waals surface area contributed by atoms with E-state index in [9.17, 15) is 27.9 Å². The number of likely N-dealkylation sites (N-methyl/N-ethyl adjacent to an activating group) is 1. The molecule has 2 amide bonds. The maximum Gasteiger partial charge on any atom is 0.416 e. The second-order valence-corrected chi connectivity index (χ2v) is 9.54. The van der Waals surface area contributed by atoms with Crippen LogP contribution in [0, 0.1) is 17.8 Å². The highest BCUT2D eigenvalue weighted by Crippen LogP contribution is 2.39. The zero-order chi connectivity index (χ0) is 23.6. The number of rotatable bonds is 7. The molecule has 2 fully saturated rings. The van der Waals surface area contributed by atoms with Gasteiger partial charge in [0, 0.05) is 32.7 Å². The summed E-state index contributed by atoms with van der Waals surface area (Å²) >= 11 is 0. The van der Waals surface area contributed by atoms with Crippen LogP contribution in [0.3, 0.4) is 0 Å². The Kier molecular flexibility index (Phi) is 7.37. The first-order chi connectivity index (χ1) is 15.0. The van der Waals surface area contributed by atoms with Crippen molar-refractivity contribution >= 4 is 12.0 Å². The van der Waals surface area contributed by atoms with E-state index in [-0.39, 0.29) is 23.8 Å². The Morgan fingerprint density at radius 3 is 2.41 bits per heavy atom. The number of amides is 2. The fourth-order valence-electron chi connectivity index (χ4n) is 5.02. The summed E-state index contributed by atoms with van der Waals surface area (Å²) in [6.45, 7) is 6.10. The summed E-state index contributed by atoms with van der Waals surface area (Å²) < 4.78 is 38.3. The molecular formula is C23H32F3N3O3. The van der Waals surface area contributed by atoms with Gasteiger partial charge in [0.05, 0.1) is 5.56 Å². The number of carboxylic acid groups (broad SMARTS) is 1. The summed E-state index contributed by atoms with van der Waals surface area (Å²) in [6, 6.07) is 4.54. The summed E-state index contributed by atoms with van der Waals surface area (Å²) in [5, 5.41) is 12.4. The maximum absolute atomic E-state index is 12.9. The second-order valence-electron chi connectivity index (χ2n) is 9.54. The molecule has 1 aliphatic carbocycles. The number of alkyl halides is 3. The normalized spacial score (nSPS) is 24.4. The van der Waals surface area contributed by atoms with Gasteiger partial charge in [0.25, 0.3) is 0 Å². The fourth-order valence-corrected chi connectivity index (χ4v) is 5.02. The lowest BCUT2D eigenvalue weighted by Crippen LogP contribution is -2.51. The average Bonchev–Trinajstić information content (AvgIpc) is 3.26. The maximum atomic E-state index is 12.9. The molecule has 1 saturated heterocycles. The standard InChI is InChI=1S/C23H32F3N3O3/c1-14(2)10-20(28(3)22(31)32)21(30)27-19-9-6-16-12-29(13-18(16)19)11-15-4-7-17(8-5-15)23(24,25)26/h4-5,7-8,14,16,18-20H,6,9-13H2,1-3H3,(H,27,30)(H,31,32)/t16-,18+,19+,20?/m1/s1. The van der Waals surface area contributed by atoms with Gasteiger partial charge in [-0.05, 0) is 54.7 Å². The number of hydrogen-bond donors (Lipinski definition) is 2. The predicted molar refractivity (Wildman–Crippen MR) is 114 cm³/mol. The van der Waals surface area contributed by atoms with Gasteiger partial charge < -0.3 is 10.4 Å². The Balaban J connectivity index is 1.59. The summed E-state index contributed by atoms with van der Waals surface area (Å²) in [5.41, 5.74) is 0.184. The number of likely N-dealkylation sites (tertiary alicyclic amines) is 1. The molecule has 1 heterocycles. The van der Waals surface area contributed by atoms with E-state index in [1.54, 1.807) is 0 Å².